The van der Waals surface area contributed by atoms with E-state index in [2.05, 4.69) is 0 Å². The van der Waals surface area contributed by atoms with E-state index in [1.807, 2.05) is 11.4 Å². The van der Waals surface area contributed by atoms with E-state index in [4.69, 9.17) is 11.6 Å². The average molecular weight is 372 g/mol. The summed E-state index contributed by atoms with van der Waals surface area (Å²) in [6.07, 6.45) is 0.664. The van der Waals surface area contributed by atoms with Gasteiger partial charge in [0.25, 0.3) is 0 Å². The van der Waals surface area contributed by atoms with E-state index < -0.39 is 16.0 Å². The highest BCUT2D eigenvalue weighted by atomic mass is 35.5. The molecule has 8 heteroatoms. The van der Waals surface area contributed by atoms with Crippen LogP contribution in [-0.4, -0.2) is 30.3 Å². The molecular weight excluding hydrogens is 358 g/mol. The molecule has 0 atom stereocenters. The SMILES string of the molecule is Cc1c(C(=O)O)cc(Cl)cc1S(=O)(=O)N1CCc2sccc2C1. The van der Waals surface area contributed by atoms with E-state index in [0.29, 0.717) is 19.5 Å². The molecule has 1 aliphatic rings. The number of halogens is 1. The van der Waals surface area contributed by atoms with Crippen molar-refractivity contribution in [3.05, 3.63) is 50.2 Å². The first-order valence-corrected chi connectivity index (χ1v) is 9.59. The number of benzene rings is 1. The van der Waals surface area contributed by atoms with Gasteiger partial charge in [-0.25, -0.2) is 13.2 Å². The van der Waals surface area contributed by atoms with Gasteiger partial charge in [-0.2, -0.15) is 4.31 Å². The van der Waals surface area contributed by atoms with E-state index >= 15 is 0 Å². The molecule has 1 aromatic heterocycles. The molecule has 0 unspecified atom stereocenters. The molecule has 23 heavy (non-hydrogen) atoms. The molecule has 0 saturated heterocycles. The minimum atomic E-state index is -3.80. The van der Waals surface area contributed by atoms with Gasteiger partial charge in [-0.1, -0.05) is 11.6 Å². The van der Waals surface area contributed by atoms with Gasteiger partial charge in [-0.15, -0.1) is 11.3 Å². The Kier molecular flexibility index (Phi) is 4.22. The topological polar surface area (TPSA) is 74.7 Å². The second-order valence-corrected chi connectivity index (χ2v) is 8.68. The molecule has 3 rings (SSSR count). The van der Waals surface area contributed by atoms with Crippen LogP contribution in [0.1, 0.15) is 26.4 Å². The Labute approximate surface area is 143 Å². The number of carbonyl (C=O) groups is 1. The highest BCUT2D eigenvalue weighted by Gasteiger charge is 2.31. The number of hydrogen-bond donors (Lipinski definition) is 1. The van der Waals surface area contributed by atoms with Gasteiger partial charge in [0, 0.05) is 23.0 Å². The first-order chi connectivity index (χ1) is 10.8. The Morgan fingerprint density at radius 1 is 1.39 bits per heavy atom. The minimum absolute atomic E-state index is 0.0407. The van der Waals surface area contributed by atoms with Crippen LogP contribution < -0.4 is 0 Å². The summed E-state index contributed by atoms with van der Waals surface area (Å²) in [5.74, 6) is -1.19. The zero-order valence-corrected chi connectivity index (χ0v) is 14.6. The molecule has 2 heterocycles. The van der Waals surface area contributed by atoms with Crippen LogP contribution in [0.2, 0.25) is 5.02 Å². The number of hydrogen-bond acceptors (Lipinski definition) is 4. The van der Waals surface area contributed by atoms with Gasteiger partial charge < -0.3 is 5.11 Å². The molecule has 0 saturated carbocycles. The Morgan fingerprint density at radius 2 is 2.13 bits per heavy atom. The summed E-state index contributed by atoms with van der Waals surface area (Å²) < 4.78 is 27.3. The minimum Gasteiger partial charge on any atom is -0.478 e. The molecule has 122 valence electrons. The third-order valence-electron chi connectivity index (χ3n) is 3.95. The van der Waals surface area contributed by atoms with Crippen molar-refractivity contribution in [2.45, 2.75) is 24.8 Å². The van der Waals surface area contributed by atoms with Crippen molar-refractivity contribution < 1.29 is 18.3 Å². The maximum atomic E-state index is 12.9. The zero-order chi connectivity index (χ0) is 16.8. The fraction of sp³-hybridized carbons (Fsp3) is 0.267. The lowest BCUT2D eigenvalue weighted by atomic mass is 10.1. The van der Waals surface area contributed by atoms with Gasteiger partial charge in [-0.05, 0) is 48.1 Å². The Hall–Kier alpha value is -1.41. The molecule has 0 spiro atoms. The number of carboxylic acid groups (broad SMARTS) is 1. The molecule has 1 aromatic carbocycles. The monoisotopic (exact) mass is 371 g/mol. The highest BCUT2D eigenvalue weighted by Crippen LogP contribution is 2.31. The van der Waals surface area contributed by atoms with Gasteiger partial charge >= 0.3 is 5.97 Å². The number of carboxylic acids is 1. The molecule has 0 fully saturated rings. The summed E-state index contributed by atoms with van der Waals surface area (Å²) in [7, 11) is -3.80. The average Bonchev–Trinajstić information content (AvgIpc) is 2.96. The van der Waals surface area contributed by atoms with E-state index in [9.17, 15) is 18.3 Å². The number of rotatable bonds is 3. The van der Waals surface area contributed by atoms with E-state index in [0.717, 1.165) is 5.56 Å². The lowest BCUT2D eigenvalue weighted by Crippen LogP contribution is -2.35. The van der Waals surface area contributed by atoms with Crippen molar-refractivity contribution in [1.82, 2.24) is 4.31 Å². The van der Waals surface area contributed by atoms with E-state index in [-0.39, 0.29) is 21.0 Å². The molecule has 0 amide bonds. The summed E-state index contributed by atoms with van der Waals surface area (Å²) in [6.45, 7) is 2.17. The molecule has 1 aliphatic heterocycles. The fourth-order valence-electron chi connectivity index (χ4n) is 2.71. The number of sulfonamides is 1. The lowest BCUT2D eigenvalue weighted by molar-refractivity contribution is 0.0696. The predicted molar refractivity (Wildman–Crippen MR) is 88.8 cm³/mol. The van der Waals surface area contributed by atoms with Gasteiger partial charge in [0.2, 0.25) is 10.0 Å². The van der Waals surface area contributed by atoms with Crippen molar-refractivity contribution in [1.29, 1.82) is 0 Å². The number of nitrogens with zero attached hydrogens (tertiary/aromatic N) is 1. The van der Waals surface area contributed by atoms with Gasteiger partial charge in [0.15, 0.2) is 0 Å². The first kappa shape index (κ1) is 16.4. The van der Waals surface area contributed by atoms with E-state index in [1.54, 1.807) is 11.3 Å². The van der Waals surface area contributed by atoms with Crippen molar-refractivity contribution in [3.8, 4) is 0 Å². The van der Waals surface area contributed by atoms with Crippen LogP contribution >= 0.6 is 22.9 Å². The molecular formula is C15H14ClNO4S2. The summed E-state index contributed by atoms with van der Waals surface area (Å²) in [5, 5.41) is 11.3. The van der Waals surface area contributed by atoms with Crippen LogP contribution in [0.15, 0.2) is 28.5 Å². The summed E-state index contributed by atoms with van der Waals surface area (Å²) >= 11 is 7.56. The maximum Gasteiger partial charge on any atom is 0.336 e. The standard InChI is InChI=1S/C15H14ClNO4S2/c1-9-12(15(18)19)6-11(16)7-14(9)23(20,21)17-4-2-13-10(8-17)3-5-22-13/h3,5-7H,2,4,8H2,1H3,(H,18,19). The molecule has 0 radical (unpaired) electrons. The van der Waals surface area contributed by atoms with Crippen LogP contribution in [0.3, 0.4) is 0 Å². The summed E-state index contributed by atoms with van der Waals surface area (Å²) in [5.41, 5.74) is 1.12. The van der Waals surface area contributed by atoms with Crippen LogP contribution in [-0.2, 0) is 23.0 Å². The molecule has 2 aromatic rings. The second kappa shape index (κ2) is 5.90. The second-order valence-electron chi connectivity index (χ2n) is 5.34. The van der Waals surface area contributed by atoms with Crippen LogP contribution in [0.5, 0.6) is 0 Å². The molecule has 1 N–H and O–H groups in total. The molecule has 0 aliphatic carbocycles. The van der Waals surface area contributed by atoms with Crippen molar-refractivity contribution in [2.24, 2.45) is 0 Å². The third-order valence-corrected chi connectivity index (χ3v) is 7.16. The van der Waals surface area contributed by atoms with Crippen LogP contribution in [0.25, 0.3) is 0 Å². The van der Waals surface area contributed by atoms with Gasteiger partial charge in [0.05, 0.1) is 10.5 Å². The largest absolute Gasteiger partial charge is 0.478 e. The quantitative estimate of drug-likeness (QED) is 0.899. The van der Waals surface area contributed by atoms with Crippen molar-refractivity contribution >= 4 is 38.9 Å². The van der Waals surface area contributed by atoms with Gasteiger partial charge in [-0.3, -0.25) is 0 Å². The first-order valence-electron chi connectivity index (χ1n) is 6.89. The highest BCUT2D eigenvalue weighted by molar-refractivity contribution is 7.89. The lowest BCUT2D eigenvalue weighted by Gasteiger charge is -2.27. The Morgan fingerprint density at radius 3 is 2.83 bits per heavy atom. The van der Waals surface area contributed by atoms with Crippen LogP contribution in [0.4, 0.5) is 0 Å². The Bertz CT molecular complexity index is 889. The van der Waals surface area contributed by atoms with Crippen molar-refractivity contribution in [2.75, 3.05) is 6.54 Å². The molecule has 0 bridgehead atoms. The predicted octanol–water partition coefficient (Wildman–Crippen LogP) is 3.16. The number of aromatic carboxylic acids is 1. The van der Waals surface area contributed by atoms with Crippen LogP contribution in [0, 0.1) is 6.92 Å². The summed E-state index contributed by atoms with van der Waals surface area (Å²) in [6, 6.07) is 4.52. The van der Waals surface area contributed by atoms with Gasteiger partial charge in [0.1, 0.15) is 0 Å². The maximum absolute atomic E-state index is 12.9. The number of fused-ring (bicyclic) bond motifs is 1. The third kappa shape index (κ3) is 2.89. The Balaban J connectivity index is 2.06. The van der Waals surface area contributed by atoms with E-state index in [1.165, 1.54) is 28.2 Å². The normalized spacial score (nSPS) is 15.4. The molecule has 5 nitrogen and oxygen atoms in total. The number of thiophene rings is 1. The summed E-state index contributed by atoms with van der Waals surface area (Å²) in [4.78, 5) is 12.5. The smallest absolute Gasteiger partial charge is 0.336 e. The van der Waals surface area contributed by atoms with Crippen molar-refractivity contribution in [3.63, 3.8) is 0 Å². The fourth-order valence-corrected chi connectivity index (χ4v) is 5.58. The zero-order valence-electron chi connectivity index (χ0n) is 12.2.